The number of H-pyrrole nitrogens is 1. The van der Waals surface area contributed by atoms with Crippen LogP contribution in [0.4, 0.5) is 5.95 Å². The van der Waals surface area contributed by atoms with Crippen molar-refractivity contribution in [1.29, 1.82) is 0 Å². The van der Waals surface area contributed by atoms with Gasteiger partial charge in [-0.1, -0.05) is 37.3 Å². The van der Waals surface area contributed by atoms with Crippen LogP contribution in [0.1, 0.15) is 31.2 Å². The van der Waals surface area contributed by atoms with Crippen molar-refractivity contribution >= 4 is 11.9 Å². The maximum Gasteiger partial charge on any atom is 0.239 e. The molecule has 1 aliphatic rings. The number of nitrogen functional groups attached to an aromatic ring is 1. The van der Waals surface area contributed by atoms with Crippen LogP contribution in [0.3, 0.4) is 0 Å². The first kappa shape index (κ1) is 14.6. The summed E-state index contributed by atoms with van der Waals surface area (Å²) >= 11 is 0. The first-order valence-corrected chi connectivity index (χ1v) is 7.57. The van der Waals surface area contributed by atoms with Crippen molar-refractivity contribution in [3.05, 3.63) is 41.7 Å². The van der Waals surface area contributed by atoms with E-state index in [0.717, 1.165) is 18.8 Å². The van der Waals surface area contributed by atoms with Gasteiger partial charge in [0.15, 0.2) is 0 Å². The lowest BCUT2D eigenvalue weighted by Crippen LogP contribution is -2.48. The average Bonchev–Trinajstić information content (AvgIpc) is 2.95. The molecule has 22 heavy (non-hydrogen) atoms. The highest BCUT2D eigenvalue weighted by atomic mass is 16.2. The minimum atomic E-state index is 0.00954. The zero-order chi connectivity index (χ0) is 15.6. The molecule has 2 heterocycles. The lowest BCUT2D eigenvalue weighted by atomic mass is 9.75. The van der Waals surface area contributed by atoms with Gasteiger partial charge in [0.05, 0.1) is 0 Å². The number of anilines is 1. The van der Waals surface area contributed by atoms with Crippen LogP contribution in [-0.4, -0.2) is 39.1 Å². The van der Waals surface area contributed by atoms with Crippen LogP contribution in [0.25, 0.3) is 0 Å². The molecule has 0 unspecified atom stereocenters. The predicted octanol–water partition coefficient (Wildman–Crippen LogP) is 1.51. The van der Waals surface area contributed by atoms with Crippen molar-refractivity contribution in [3.8, 4) is 0 Å². The number of amides is 1. The number of aromatic amines is 1. The Morgan fingerprint density at radius 2 is 2.14 bits per heavy atom. The molecule has 0 spiro atoms. The Hall–Kier alpha value is -2.37. The van der Waals surface area contributed by atoms with Crippen molar-refractivity contribution in [2.75, 3.05) is 18.8 Å². The summed E-state index contributed by atoms with van der Waals surface area (Å²) < 4.78 is 0. The summed E-state index contributed by atoms with van der Waals surface area (Å²) in [4.78, 5) is 18.2. The van der Waals surface area contributed by atoms with Gasteiger partial charge in [0.25, 0.3) is 0 Å². The van der Waals surface area contributed by atoms with Crippen molar-refractivity contribution < 1.29 is 4.79 Å². The lowest BCUT2D eigenvalue weighted by molar-refractivity contribution is -0.135. The molecule has 0 aliphatic carbocycles. The average molecular weight is 299 g/mol. The largest absolute Gasteiger partial charge is 0.367 e. The first-order chi connectivity index (χ1) is 10.6. The summed E-state index contributed by atoms with van der Waals surface area (Å²) in [6, 6.07) is 10.4. The second-order valence-electron chi connectivity index (χ2n) is 6.13. The topological polar surface area (TPSA) is 87.9 Å². The standard InChI is InChI=1S/C16H21N5O/c1-16(12-5-3-2-4-6-12)9-7-14(22)21(11-16)10-8-13-18-15(17)20-19-13/h2-6H,7-11H2,1H3,(H3,17,18,19,20)/t16-/m0/s1. The summed E-state index contributed by atoms with van der Waals surface area (Å²) in [5.41, 5.74) is 6.80. The van der Waals surface area contributed by atoms with E-state index in [4.69, 9.17) is 5.73 Å². The number of hydrogen-bond donors (Lipinski definition) is 2. The molecular formula is C16H21N5O. The minimum absolute atomic E-state index is 0.00954. The maximum absolute atomic E-state index is 12.2. The van der Waals surface area contributed by atoms with Crippen molar-refractivity contribution in [3.63, 3.8) is 0 Å². The van der Waals surface area contributed by atoms with E-state index < -0.39 is 0 Å². The number of nitrogens with two attached hydrogens (primary N) is 1. The van der Waals surface area contributed by atoms with E-state index in [1.165, 1.54) is 5.56 Å². The lowest BCUT2D eigenvalue weighted by Gasteiger charge is -2.40. The van der Waals surface area contributed by atoms with Crippen LogP contribution >= 0.6 is 0 Å². The molecule has 1 atom stereocenters. The highest BCUT2D eigenvalue weighted by molar-refractivity contribution is 5.77. The smallest absolute Gasteiger partial charge is 0.239 e. The number of carbonyl (C=O) groups excluding carboxylic acids is 1. The number of hydrogen-bond acceptors (Lipinski definition) is 4. The molecule has 3 N–H and O–H groups in total. The maximum atomic E-state index is 12.2. The molecule has 1 aromatic heterocycles. The van der Waals surface area contributed by atoms with Crippen molar-refractivity contribution in [2.24, 2.45) is 0 Å². The van der Waals surface area contributed by atoms with Crippen LogP contribution in [0.15, 0.2) is 30.3 Å². The summed E-state index contributed by atoms with van der Waals surface area (Å²) in [5.74, 6) is 1.17. The summed E-state index contributed by atoms with van der Waals surface area (Å²) in [7, 11) is 0. The third-order valence-corrected chi connectivity index (χ3v) is 4.42. The number of benzene rings is 1. The van der Waals surface area contributed by atoms with Gasteiger partial charge in [0.1, 0.15) is 5.82 Å². The van der Waals surface area contributed by atoms with Crippen LogP contribution in [0.2, 0.25) is 0 Å². The molecule has 1 saturated heterocycles. The van der Waals surface area contributed by atoms with E-state index in [-0.39, 0.29) is 17.3 Å². The Morgan fingerprint density at radius 3 is 2.82 bits per heavy atom. The van der Waals surface area contributed by atoms with Gasteiger partial charge >= 0.3 is 0 Å². The van der Waals surface area contributed by atoms with Gasteiger partial charge in [-0.3, -0.25) is 9.89 Å². The number of aromatic nitrogens is 3. The first-order valence-electron chi connectivity index (χ1n) is 7.57. The van der Waals surface area contributed by atoms with Gasteiger partial charge in [-0.2, -0.15) is 4.98 Å². The Kier molecular flexibility index (Phi) is 3.83. The zero-order valence-electron chi connectivity index (χ0n) is 12.7. The number of nitrogens with one attached hydrogen (secondary N) is 1. The molecular weight excluding hydrogens is 278 g/mol. The second kappa shape index (κ2) is 5.79. The number of carbonyl (C=O) groups is 1. The summed E-state index contributed by atoms with van der Waals surface area (Å²) in [5, 5.41) is 6.60. The van der Waals surface area contributed by atoms with E-state index in [1.54, 1.807) is 0 Å². The summed E-state index contributed by atoms with van der Waals surface area (Å²) in [6.45, 7) is 3.60. The molecule has 1 fully saturated rings. The van der Waals surface area contributed by atoms with Gasteiger partial charge in [0.2, 0.25) is 11.9 Å². The van der Waals surface area contributed by atoms with Gasteiger partial charge in [0, 0.05) is 31.3 Å². The van der Waals surface area contributed by atoms with E-state index in [0.29, 0.717) is 19.4 Å². The number of likely N-dealkylation sites (tertiary alicyclic amines) is 1. The molecule has 0 bridgehead atoms. The highest BCUT2D eigenvalue weighted by Gasteiger charge is 2.35. The SMILES string of the molecule is C[C@]1(c2ccccc2)CCC(=O)N(CCc2nc(N)n[nH]2)C1. The monoisotopic (exact) mass is 299 g/mol. The highest BCUT2D eigenvalue weighted by Crippen LogP contribution is 2.33. The molecule has 6 heteroatoms. The second-order valence-corrected chi connectivity index (χ2v) is 6.13. The van der Waals surface area contributed by atoms with E-state index >= 15 is 0 Å². The minimum Gasteiger partial charge on any atom is -0.367 e. The Morgan fingerprint density at radius 1 is 1.36 bits per heavy atom. The van der Waals surface area contributed by atoms with Crippen LogP contribution in [-0.2, 0) is 16.6 Å². The van der Waals surface area contributed by atoms with Crippen LogP contribution in [0, 0.1) is 0 Å². The number of nitrogens with zero attached hydrogens (tertiary/aromatic N) is 3. The van der Waals surface area contributed by atoms with Gasteiger partial charge < -0.3 is 10.6 Å². The third kappa shape index (κ3) is 2.95. The Balaban J connectivity index is 1.69. The zero-order valence-corrected chi connectivity index (χ0v) is 12.7. The molecule has 6 nitrogen and oxygen atoms in total. The van der Waals surface area contributed by atoms with Crippen LogP contribution < -0.4 is 5.73 Å². The quantitative estimate of drug-likeness (QED) is 0.895. The normalized spacial score (nSPS) is 22.0. The molecule has 1 aromatic carbocycles. The Bertz CT molecular complexity index is 654. The van der Waals surface area contributed by atoms with Gasteiger partial charge in [-0.25, -0.2) is 0 Å². The fourth-order valence-corrected chi connectivity index (χ4v) is 3.07. The predicted molar refractivity (Wildman–Crippen MR) is 84.1 cm³/mol. The van der Waals surface area contributed by atoms with E-state index in [9.17, 15) is 4.79 Å². The molecule has 0 saturated carbocycles. The molecule has 2 aromatic rings. The van der Waals surface area contributed by atoms with Gasteiger partial charge in [-0.15, -0.1) is 5.10 Å². The Labute approximate surface area is 129 Å². The van der Waals surface area contributed by atoms with E-state index in [1.807, 2.05) is 11.0 Å². The van der Waals surface area contributed by atoms with Crippen molar-refractivity contribution in [2.45, 2.75) is 31.6 Å². The van der Waals surface area contributed by atoms with Crippen molar-refractivity contribution in [1.82, 2.24) is 20.1 Å². The molecule has 116 valence electrons. The van der Waals surface area contributed by atoms with Crippen LogP contribution in [0.5, 0.6) is 0 Å². The molecule has 1 aliphatic heterocycles. The fourth-order valence-electron chi connectivity index (χ4n) is 3.07. The third-order valence-electron chi connectivity index (χ3n) is 4.42. The molecule has 0 radical (unpaired) electrons. The van der Waals surface area contributed by atoms with Gasteiger partial charge in [-0.05, 0) is 12.0 Å². The molecule has 1 amide bonds. The fraction of sp³-hybridized carbons (Fsp3) is 0.438. The number of piperidine rings is 1. The van der Waals surface area contributed by atoms with E-state index in [2.05, 4.69) is 46.4 Å². The molecule has 3 rings (SSSR count). The summed E-state index contributed by atoms with van der Waals surface area (Å²) in [6.07, 6.45) is 2.12. The number of rotatable bonds is 4.